The van der Waals surface area contributed by atoms with Gasteiger partial charge in [-0.15, -0.1) is 11.3 Å². The van der Waals surface area contributed by atoms with E-state index in [0.29, 0.717) is 26.2 Å². The molecule has 0 aliphatic rings. The van der Waals surface area contributed by atoms with Gasteiger partial charge in [-0.2, -0.15) is 0 Å². The monoisotopic (exact) mass is 368 g/mol. The van der Waals surface area contributed by atoms with Gasteiger partial charge in [0, 0.05) is 11.0 Å². The van der Waals surface area contributed by atoms with Gasteiger partial charge >= 0.3 is 0 Å². The fourth-order valence-corrected chi connectivity index (χ4v) is 3.42. The number of thiophene rings is 1. The largest absolute Gasteiger partial charge is 0.365 e. The third-order valence-electron chi connectivity index (χ3n) is 3.26. The van der Waals surface area contributed by atoms with E-state index in [4.69, 9.17) is 28.9 Å². The normalized spacial score (nSPS) is 11.0. The Morgan fingerprint density at radius 2 is 1.96 bits per heavy atom. The number of aryl methyl sites for hydroxylation is 1. The molecule has 4 nitrogen and oxygen atoms in total. The summed E-state index contributed by atoms with van der Waals surface area (Å²) in [6.07, 6.45) is 2.88. The van der Waals surface area contributed by atoms with Crippen molar-refractivity contribution >= 4 is 57.4 Å². The van der Waals surface area contributed by atoms with E-state index in [9.17, 15) is 9.59 Å². The summed E-state index contributed by atoms with van der Waals surface area (Å²) in [7, 11) is 0. The Morgan fingerprint density at radius 1 is 1.26 bits per heavy atom. The van der Waals surface area contributed by atoms with Crippen LogP contribution >= 0.6 is 34.5 Å². The second-order valence-electron chi connectivity index (χ2n) is 4.82. The summed E-state index contributed by atoms with van der Waals surface area (Å²) in [5.41, 5.74) is 7.12. The predicted molar refractivity (Wildman–Crippen MR) is 96.4 cm³/mol. The first-order valence-electron chi connectivity index (χ1n) is 6.64. The first-order valence-corrected chi connectivity index (χ1v) is 8.21. The SMILES string of the molecule is Cc1sc(NC(=O)/C=C/c2cccc(Cl)c2Cl)c(C(N)=O)c1C. The van der Waals surface area contributed by atoms with Crippen molar-refractivity contribution in [2.24, 2.45) is 5.73 Å². The van der Waals surface area contributed by atoms with Crippen molar-refractivity contribution in [3.8, 4) is 0 Å². The van der Waals surface area contributed by atoms with Gasteiger partial charge in [-0.1, -0.05) is 35.3 Å². The molecule has 0 radical (unpaired) electrons. The predicted octanol–water partition coefficient (Wildman–Crippen LogP) is 4.42. The molecule has 23 heavy (non-hydrogen) atoms. The summed E-state index contributed by atoms with van der Waals surface area (Å²) in [6, 6.07) is 5.15. The smallest absolute Gasteiger partial charge is 0.251 e. The molecular formula is C16H14Cl2N2O2S. The van der Waals surface area contributed by atoms with Crippen molar-refractivity contribution in [1.82, 2.24) is 0 Å². The van der Waals surface area contributed by atoms with Gasteiger partial charge in [0.2, 0.25) is 5.91 Å². The number of benzene rings is 1. The van der Waals surface area contributed by atoms with Gasteiger partial charge in [-0.3, -0.25) is 9.59 Å². The van der Waals surface area contributed by atoms with E-state index in [2.05, 4.69) is 5.32 Å². The van der Waals surface area contributed by atoms with Crippen LogP contribution in [0.1, 0.15) is 26.4 Å². The first-order chi connectivity index (χ1) is 10.8. The van der Waals surface area contributed by atoms with Crippen molar-refractivity contribution in [3.05, 3.63) is 55.9 Å². The van der Waals surface area contributed by atoms with Crippen molar-refractivity contribution in [2.45, 2.75) is 13.8 Å². The Bertz CT molecular complexity index is 813. The number of primary amides is 1. The lowest BCUT2D eigenvalue weighted by Gasteiger charge is -2.03. The Labute approximate surface area is 147 Å². The fourth-order valence-electron chi connectivity index (χ4n) is 1.98. The number of carbonyl (C=O) groups excluding carboxylic acids is 2. The molecule has 1 heterocycles. The van der Waals surface area contributed by atoms with E-state index in [1.54, 1.807) is 31.2 Å². The molecule has 2 aromatic rings. The van der Waals surface area contributed by atoms with Crippen LogP contribution in [0.15, 0.2) is 24.3 Å². The Kier molecular flexibility index (Phi) is 5.46. The minimum atomic E-state index is -0.566. The molecule has 2 rings (SSSR count). The molecule has 0 bridgehead atoms. The maximum Gasteiger partial charge on any atom is 0.251 e. The van der Waals surface area contributed by atoms with E-state index >= 15 is 0 Å². The van der Waals surface area contributed by atoms with Crippen molar-refractivity contribution in [1.29, 1.82) is 0 Å². The molecule has 0 aliphatic carbocycles. The van der Waals surface area contributed by atoms with Gasteiger partial charge in [0.1, 0.15) is 5.00 Å². The third kappa shape index (κ3) is 3.93. The number of amides is 2. The zero-order chi connectivity index (χ0) is 17.1. The van der Waals surface area contributed by atoms with Gasteiger partial charge in [0.05, 0.1) is 15.6 Å². The summed E-state index contributed by atoms with van der Waals surface area (Å²) in [5.74, 6) is -0.950. The Morgan fingerprint density at radius 3 is 2.61 bits per heavy atom. The maximum absolute atomic E-state index is 12.1. The molecule has 0 unspecified atom stereocenters. The molecule has 2 amide bonds. The van der Waals surface area contributed by atoms with Crippen LogP contribution in [0.4, 0.5) is 5.00 Å². The van der Waals surface area contributed by atoms with Crippen LogP contribution in [0, 0.1) is 13.8 Å². The standard InChI is InChI=1S/C16H14Cl2N2O2S/c1-8-9(2)23-16(13(8)15(19)22)20-12(21)7-6-10-4-3-5-11(17)14(10)18/h3-7H,1-2H3,(H2,19,22)(H,20,21)/b7-6+. The Hall–Kier alpha value is -1.82. The molecule has 0 atom stereocenters. The summed E-state index contributed by atoms with van der Waals surface area (Å²) < 4.78 is 0. The second-order valence-corrected chi connectivity index (χ2v) is 6.83. The van der Waals surface area contributed by atoms with E-state index < -0.39 is 5.91 Å². The minimum Gasteiger partial charge on any atom is -0.365 e. The lowest BCUT2D eigenvalue weighted by Crippen LogP contribution is -2.16. The maximum atomic E-state index is 12.1. The lowest BCUT2D eigenvalue weighted by molar-refractivity contribution is -0.111. The molecule has 0 saturated heterocycles. The molecule has 0 spiro atoms. The molecule has 3 N–H and O–H groups in total. The Balaban J connectivity index is 2.20. The third-order valence-corrected chi connectivity index (χ3v) is 5.22. The lowest BCUT2D eigenvalue weighted by atomic mass is 10.1. The molecule has 7 heteroatoms. The summed E-state index contributed by atoms with van der Waals surface area (Å²) in [5, 5.41) is 3.90. The van der Waals surface area contributed by atoms with Gasteiger partial charge in [-0.25, -0.2) is 0 Å². The van der Waals surface area contributed by atoms with Crippen LogP contribution in [-0.4, -0.2) is 11.8 Å². The molecule has 1 aromatic heterocycles. The summed E-state index contributed by atoms with van der Waals surface area (Å²) in [4.78, 5) is 24.5. The molecule has 0 aliphatic heterocycles. The van der Waals surface area contributed by atoms with Gasteiger partial charge in [0.15, 0.2) is 0 Å². The highest BCUT2D eigenvalue weighted by molar-refractivity contribution is 7.16. The average Bonchev–Trinajstić information content (AvgIpc) is 2.75. The molecule has 120 valence electrons. The van der Waals surface area contributed by atoms with Crippen molar-refractivity contribution < 1.29 is 9.59 Å². The highest BCUT2D eigenvalue weighted by Crippen LogP contribution is 2.32. The highest BCUT2D eigenvalue weighted by Gasteiger charge is 2.18. The zero-order valence-electron chi connectivity index (χ0n) is 12.4. The highest BCUT2D eigenvalue weighted by atomic mass is 35.5. The second kappa shape index (κ2) is 7.17. The number of hydrogen-bond donors (Lipinski definition) is 2. The van der Waals surface area contributed by atoms with Crippen molar-refractivity contribution in [3.63, 3.8) is 0 Å². The van der Waals surface area contributed by atoms with E-state index in [-0.39, 0.29) is 5.91 Å². The van der Waals surface area contributed by atoms with Crippen LogP contribution in [-0.2, 0) is 4.79 Å². The summed E-state index contributed by atoms with van der Waals surface area (Å²) >= 11 is 13.3. The quantitative estimate of drug-likeness (QED) is 0.783. The number of rotatable bonds is 4. The fraction of sp³-hybridized carbons (Fsp3) is 0.125. The number of hydrogen-bond acceptors (Lipinski definition) is 3. The average molecular weight is 369 g/mol. The topological polar surface area (TPSA) is 72.2 Å². The zero-order valence-corrected chi connectivity index (χ0v) is 14.8. The van der Waals surface area contributed by atoms with Crippen molar-refractivity contribution in [2.75, 3.05) is 5.32 Å². The van der Waals surface area contributed by atoms with Gasteiger partial charge in [-0.05, 0) is 37.1 Å². The van der Waals surface area contributed by atoms with Crippen LogP contribution in [0.3, 0.4) is 0 Å². The first kappa shape index (κ1) is 17.5. The van der Waals surface area contributed by atoms with Crippen LogP contribution in [0.5, 0.6) is 0 Å². The molecule has 0 fully saturated rings. The number of nitrogens with one attached hydrogen (secondary N) is 1. The van der Waals surface area contributed by atoms with E-state index in [1.165, 1.54) is 17.4 Å². The number of halogens is 2. The minimum absolute atomic E-state index is 0.343. The molecule has 0 saturated carbocycles. The number of nitrogens with two attached hydrogens (primary N) is 1. The van der Waals surface area contributed by atoms with Gasteiger partial charge < -0.3 is 11.1 Å². The summed E-state index contributed by atoms with van der Waals surface area (Å²) in [6.45, 7) is 3.66. The van der Waals surface area contributed by atoms with Crippen LogP contribution in [0.2, 0.25) is 10.0 Å². The molecule has 1 aromatic carbocycles. The van der Waals surface area contributed by atoms with Gasteiger partial charge in [0.25, 0.3) is 5.91 Å². The molecular weight excluding hydrogens is 355 g/mol. The van der Waals surface area contributed by atoms with E-state index in [1.807, 2.05) is 6.92 Å². The van der Waals surface area contributed by atoms with Crippen LogP contribution < -0.4 is 11.1 Å². The number of carbonyl (C=O) groups is 2. The van der Waals surface area contributed by atoms with Crippen LogP contribution in [0.25, 0.3) is 6.08 Å². The number of anilines is 1. The van der Waals surface area contributed by atoms with E-state index in [0.717, 1.165) is 10.4 Å².